The van der Waals surface area contributed by atoms with Crippen LogP contribution in [-0.2, 0) is 27.9 Å². The van der Waals surface area contributed by atoms with Crippen molar-refractivity contribution in [3.63, 3.8) is 0 Å². The number of rotatable bonds is 38. The molecule has 0 aromatic carbocycles. The lowest BCUT2D eigenvalue weighted by molar-refractivity contribution is -0.154. The molecule has 0 rings (SSSR count). The number of phosphoric ester groups is 1. The lowest BCUT2D eigenvalue weighted by atomic mass is 10.0. The van der Waals surface area contributed by atoms with Gasteiger partial charge in [-0.2, -0.15) is 0 Å². The van der Waals surface area contributed by atoms with E-state index in [9.17, 15) is 19.4 Å². The van der Waals surface area contributed by atoms with Crippen LogP contribution in [0, 0.1) is 0 Å². The Balaban J connectivity index is 4.24. The van der Waals surface area contributed by atoms with Crippen molar-refractivity contribution < 1.29 is 37.9 Å². The summed E-state index contributed by atoms with van der Waals surface area (Å²) in [4.78, 5) is 22.4. The fourth-order valence-electron chi connectivity index (χ4n) is 5.31. The average molecular weight is 742 g/mol. The fraction of sp³-hybridized carbons (Fsp3) is 0.780. The standard InChI is InChI=1S/C41H76NO8P/c1-3-5-7-9-11-12-13-14-15-16-19-22-26-30-35-47-37-40(38-49-51(45,46)48-36-34-42)50-41(44)33-29-25-21-18-17-20-24-28-32-39(43)31-27-23-10-8-6-4-2/h18,20-21,23-24,27-28,32,39-40,43H,3-17,19,22,25-26,29-31,33-38,42H2,1-2H3,(H,45,46)/b21-18-,24-20-,27-23-,32-28+. The van der Waals surface area contributed by atoms with Gasteiger partial charge in [0.25, 0.3) is 0 Å². The van der Waals surface area contributed by atoms with Gasteiger partial charge in [-0.1, -0.05) is 159 Å². The van der Waals surface area contributed by atoms with E-state index >= 15 is 0 Å². The molecule has 0 fully saturated rings. The molecule has 4 N–H and O–H groups in total. The Kier molecular flexibility index (Phi) is 37.0. The van der Waals surface area contributed by atoms with Gasteiger partial charge in [-0.3, -0.25) is 13.8 Å². The molecule has 0 spiro atoms. The number of carbonyl (C=O) groups excluding carboxylic acids is 1. The number of aliphatic hydroxyl groups is 1. The molecule has 10 heteroatoms. The molecular weight excluding hydrogens is 665 g/mol. The zero-order valence-electron chi connectivity index (χ0n) is 32.4. The minimum atomic E-state index is -4.30. The SMILES string of the molecule is CCCCC/C=C\CC(O)/C=C/C=C\C/C=C\CCCC(=O)OC(COCCCCCCCCCCCCCCCC)COP(=O)(O)OCCN. The molecule has 0 aromatic heterocycles. The third kappa shape index (κ3) is 38.0. The molecule has 0 saturated heterocycles. The van der Waals surface area contributed by atoms with Crippen LogP contribution in [0.25, 0.3) is 0 Å². The number of carbonyl (C=O) groups is 1. The Labute approximate surface area is 312 Å². The van der Waals surface area contributed by atoms with Gasteiger partial charge in [-0.05, 0) is 44.9 Å². The van der Waals surface area contributed by atoms with Crippen molar-refractivity contribution in [1.82, 2.24) is 0 Å². The molecule has 0 aliphatic carbocycles. The maximum Gasteiger partial charge on any atom is 0.472 e. The summed E-state index contributed by atoms with van der Waals surface area (Å²) in [6.07, 6.45) is 40.1. The number of esters is 1. The molecular formula is C41H76NO8P. The van der Waals surface area contributed by atoms with E-state index in [-0.39, 0.29) is 32.8 Å². The first-order valence-corrected chi connectivity index (χ1v) is 21.7. The molecule has 0 heterocycles. The van der Waals surface area contributed by atoms with Gasteiger partial charge in [0.05, 0.1) is 25.9 Å². The average Bonchev–Trinajstić information content (AvgIpc) is 3.11. The lowest BCUT2D eigenvalue weighted by Gasteiger charge is -2.20. The second-order valence-corrected chi connectivity index (χ2v) is 14.8. The van der Waals surface area contributed by atoms with Crippen LogP contribution in [0.2, 0.25) is 0 Å². The molecule has 298 valence electrons. The van der Waals surface area contributed by atoms with Crippen molar-refractivity contribution in [2.24, 2.45) is 5.73 Å². The molecule has 0 saturated carbocycles. The van der Waals surface area contributed by atoms with Gasteiger partial charge in [-0.25, -0.2) is 4.57 Å². The monoisotopic (exact) mass is 742 g/mol. The van der Waals surface area contributed by atoms with Crippen LogP contribution in [0.4, 0.5) is 0 Å². The minimum Gasteiger partial charge on any atom is -0.457 e. The van der Waals surface area contributed by atoms with Crippen molar-refractivity contribution in [2.45, 2.75) is 174 Å². The highest BCUT2D eigenvalue weighted by molar-refractivity contribution is 7.47. The van der Waals surface area contributed by atoms with Crippen LogP contribution in [0.5, 0.6) is 0 Å². The first kappa shape index (κ1) is 49.4. The molecule has 3 unspecified atom stereocenters. The Morgan fingerprint density at radius 2 is 1.27 bits per heavy atom. The van der Waals surface area contributed by atoms with Gasteiger partial charge in [0.15, 0.2) is 0 Å². The smallest absolute Gasteiger partial charge is 0.457 e. The zero-order chi connectivity index (χ0) is 37.5. The molecule has 0 amide bonds. The van der Waals surface area contributed by atoms with Gasteiger partial charge >= 0.3 is 13.8 Å². The van der Waals surface area contributed by atoms with Crippen molar-refractivity contribution in [1.29, 1.82) is 0 Å². The maximum absolute atomic E-state index is 12.5. The predicted molar refractivity (Wildman–Crippen MR) is 212 cm³/mol. The van der Waals surface area contributed by atoms with E-state index in [1.165, 1.54) is 96.3 Å². The summed E-state index contributed by atoms with van der Waals surface area (Å²) in [5.41, 5.74) is 5.35. The van der Waals surface area contributed by atoms with Gasteiger partial charge in [0.1, 0.15) is 6.10 Å². The fourth-order valence-corrected chi connectivity index (χ4v) is 6.07. The topological polar surface area (TPSA) is 138 Å². The third-order valence-corrected chi connectivity index (χ3v) is 9.31. The van der Waals surface area contributed by atoms with Crippen LogP contribution >= 0.6 is 7.82 Å². The lowest BCUT2D eigenvalue weighted by Crippen LogP contribution is -2.28. The summed E-state index contributed by atoms with van der Waals surface area (Å²) >= 11 is 0. The second kappa shape index (κ2) is 38.2. The number of phosphoric acid groups is 1. The van der Waals surface area contributed by atoms with Crippen molar-refractivity contribution in [3.8, 4) is 0 Å². The maximum atomic E-state index is 12.5. The normalized spacial score (nSPS) is 14.7. The van der Waals surface area contributed by atoms with E-state index < -0.39 is 26.0 Å². The highest BCUT2D eigenvalue weighted by Crippen LogP contribution is 2.43. The van der Waals surface area contributed by atoms with Gasteiger partial charge < -0.3 is 25.2 Å². The Bertz CT molecular complexity index is 939. The number of hydrogen-bond acceptors (Lipinski definition) is 8. The summed E-state index contributed by atoms with van der Waals surface area (Å²) in [7, 11) is -4.30. The van der Waals surface area contributed by atoms with Crippen LogP contribution in [0.15, 0.2) is 48.6 Å². The second-order valence-electron chi connectivity index (χ2n) is 13.4. The summed E-state index contributed by atoms with van der Waals surface area (Å²) in [6, 6.07) is 0. The van der Waals surface area contributed by atoms with Gasteiger partial charge in [0, 0.05) is 19.6 Å². The number of nitrogens with two attached hydrogens (primary N) is 1. The Morgan fingerprint density at radius 3 is 1.92 bits per heavy atom. The Hall–Kier alpha value is -1.58. The quantitative estimate of drug-likeness (QED) is 0.0186. The minimum absolute atomic E-state index is 0.0779. The van der Waals surface area contributed by atoms with E-state index in [2.05, 4.69) is 19.9 Å². The van der Waals surface area contributed by atoms with E-state index in [0.29, 0.717) is 19.4 Å². The number of hydrogen-bond donors (Lipinski definition) is 3. The van der Waals surface area contributed by atoms with E-state index in [0.717, 1.165) is 32.1 Å². The molecule has 0 radical (unpaired) electrons. The Morgan fingerprint density at radius 1 is 0.686 bits per heavy atom. The number of aliphatic hydroxyl groups excluding tert-OH is 1. The molecule has 0 aliphatic heterocycles. The van der Waals surface area contributed by atoms with E-state index in [1.54, 1.807) is 6.08 Å². The first-order chi connectivity index (χ1) is 24.8. The number of ether oxygens (including phenoxy) is 2. The molecule has 0 bridgehead atoms. The van der Waals surface area contributed by atoms with Crippen LogP contribution < -0.4 is 5.73 Å². The first-order valence-electron chi connectivity index (χ1n) is 20.2. The molecule has 0 aromatic rings. The highest BCUT2D eigenvalue weighted by atomic mass is 31.2. The summed E-state index contributed by atoms with van der Waals surface area (Å²) < 4.78 is 33.2. The number of allylic oxidation sites excluding steroid dienone is 6. The third-order valence-electron chi connectivity index (χ3n) is 8.33. The zero-order valence-corrected chi connectivity index (χ0v) is 33.3. The summed E-state index contributed by atoms with van der Waals surface area (Å²) in [6.45, 7) is 4.71. The number of unbranched alkanes of at least 4 members (excludes halogenated alkanes) is 17. The van der Waals surface area contributed by atoms with E-state index in [1.807, 2.05) is 36.5 Å². The van der Waals surface area contributed by atoms with Gasteiger partial charge in [0.2, 0.25) is 0 Å². The van der Waals surface area contributed by atoms with Crippen molar-refractivity contribution in [3.05, 3.63) is 48.6 Å². The molecule has 9 nitrogen and oxygen atoms in total. The molecule has 0 aliphatic rings. The molecule has 51 heavy (non-hydrogen) atoms. The largest absolute Gasteiger partial charge is 0.472 e. The highest BCUT2D eigenvalue weighted by Gasteiger charge is 2.25. The van der Waals surface area contributed by atoms with Crippen LogP contribution in [0.1, 0.15) is 162 Å². The van der Waals surface area contributed by atoms with Crippen molar-refractivity contribution in [2.75, 3.05) is 33.0 Å². The van der Waals surface area contributed by atoms with Crippen molar-refractivity contribution >= 4 is 13.8 Å². The van der Waals surface area contributed by atoms with Gasteiger partial charge in [-0.15, -0.1) is 0 Å². The van der Waals surface area contributed by atoms with Crippen LogP contribution in [0.3, 0.4) is 0 Å². The predicted octanol–water partition coefficient (Wildman–Crippen LogP) is 10.6. The van der Waals surface area contributed by atoms with Crippen LogP contribution in [-0.4, -0.2) is 61.1 Å². The van der Waals surface area contributed by atoms with E-state index in [4.69, 9.17) is 24.3 Å². The summed E-state index contributed by atoms with van der Waals surface area (Å²) in [5.74, 6) is -0.410. The molecule has 3 atom stereocenters. The summed E-state index contributed by atoms with van der Waals surface area (Å²) in [5, 5.41) is 10.0.